The van der Waals surface area contributed by atoms with Crippen LogP contribution in [-0.4, -0.2) is 34.0 Å². The maximum absolute atomic E-state index is 14.1. The lowest BCUT2D eigenvalue weighted by atomic mass is 10.2. The molecule has 2 heterocycles. The zero-order valence-electron chi connectivity index (χ0n) is 14.6. The smallest absolute Gasteiger partial charge is 0.237 e. The van der Waals surface area contributed by atoms with Crippen molar-refractivity contribution in [3.63, 3.8) is 0 Å². The average molecular weight is 366 g/mol. The van der Waals surface area contributed by atoms with E-state index < -0.39 is 5.82 Å². The highest BCUT2D eigenvalue weighted by atomic mass is 19.1. The van der Waals surface area contributed by atoms with Crippen LogP contribution in [0.15, 0.2) is 54.6 Å². The Kier molecular flexibility index (Phi) is 4.29. The van der Waals surface area contributed by atoms with Crippen LogP contribution in [0.3, 0.4) is 0 Å². The monoisotopic (exact) mass is 366 g/mol. The Balaban J connectivity index is 1.74. The SMILES string of the molecule is COc1cc(OC)cc(Oc2ccc3nnc(-c4ccccc4F)n3n2)c1. The van der Waals surface area contributed by atoms with Crippen molar-refractivity contribution in [2.45, 2.75) is 0 Å². The summed E-state index contributed by atoms with van der Waals surface area (Å²) < 4.78 is 31.9. The van der Waals surface area contributed by atoms with Crippen molar-refractivity contribution in [1.29, 1.82) is 0 Å². The molecule has 27 heavy (non-hydrogen) atoms. The van der Waals surface area contributed by atoms with E-state index in [0.29, 0.717) is 28.5 Å². The van der Waals surface area contributed by atoms with Crippen LogP contribution in [0.4, 0.5) is 4.39 Å². The van der Waals surface area contributed by atoms with Gasteiger partial charge in [0.15, 0.2) is 11.5 Å². The summed E-state index contributed by atoms with van der Waals surface area (Å²) >= 11 is 0. The molecule has 0 saturated heterocycles. The molecule has 4 rings (SSSR count). The molecular formula is C19H15FN4O3. The van der Waals surface area contributed by atoms with Crippen LogP contribution in [0.5, 0.6) is 23.1 Å². The number of methoxy groups -OCH3 is 2. The van der Waals surface area contributed by atoms with Gasteiger partial charge in [0, 0.05) is 24.3 Å². The second-order valence-corrected chi connectivity index (χ2v) is 5.60. The Labute approximate surface area is 153 Å². The van der Waals surface area contributed by atoms with E-state index in [1.165, 1.54) is 10.6 Å². The summed E-state index contributed by atoms with van der Waals surface area (Å²) in [5.41, 5.74) is 0.779. The lowest BCUT2D eigenvalue weighted by Crippen LogP contribution is -1.99. The van der Waals surface area contributed by atoms with E-state index in [9.17, 15) is 4.39 Å². The number of rotatable bonds is 5. The highest BCUT2D eigenvalue weighted by Crippen LogP contribution is 2.30. The third-order valence-electron chi connectivity index (χ3n) is 3.90. The van der Waals surface area contributed by atoms with E-state index in [1.807, 2.05) is 0 Å². The summed E-state index contributed by atoms with van der Waals surface area (Å²) in [7, 11) is 3.11. The van der Waals surface area contributed by atoms with Crippen molar-refractivity contribution >= 4 is 5.65 Å². The number of benzene rings is 2. The van der Waals surface area contributed by atoms with Crippen molar-refractivity contribution in [3.05, 3.63) is 60.4 Å². The number of fused-ring (bicyclic) bond motifs is 1. The van der Waals surface area contributed by atoms with Crippen molar-refractivity contribution in [3.8, 4) is 34.5 Å². The third-order valence-corrected chi connectivity index (χ3v) is 3.90. The van der Waals surface area contributed by atoms with Gasteiger partial charge in [-0.25, -0.2) is 4.39 Å². The molecule has 0 N–H and O–H groups in total. The minimum atomic E-state index is -0.405. The van der Waals surface area contributed by atoms with Crippen LogP contribution in [0.25, 0.3) is 17.0 Å². The quantitative estimate of drug-likeness (QED) is 0.536. The van der Waals surface area contributed by atoms with Gasteiger partial charge >= 0.3 is 0 Å². The Morgan fingerprint density at radius 2 is 1.56 bits per heavy atom. The number of hydrogen-bond donors (Lipinski definition) is 0. The highest BCUT2D eigenvalue weighted by Gasteiger charge is 2.14. The van der Waals surface area contributed by atoms with Gasteiger partial charge in [0.1, 0.15) is 23.1 Å². The van der Waals surface area contributed by atoms with Crippen LogP contribution in [0.2, 0.25) is 0 Å². The molecule has 0 amide bonds. The summed E-state index contributed by atoms with van der Waals surface area (Å²) in [4.78, 5) is 0. The lowest BCUT2D eigenvalue weighted by molar-refractivity contribution is 0.384. The molecule has 0 aliphatic carbocycles. The highest BCUT2D eigenvalue weighted by molar-refractivity contribution is 5.59. The van der Waals surface area contributed by atoms with E-state index in [2.05, 4.69) is 15.3 Å². The molecule has 0 fully saturated rings. The predicted molar refractivity (Wildman–Crippen MR) is 95.8 cm³/mol. The van der Waals surface area contributed by atoms with Crippen molar-refractivity contribution < 1.29 is 18.6 Å². The summed E-state index contributed by atoms with van der Waals surface area (Å²) in [6.45, 7) is 0. The van der Waals surface area contributed by atoms with E-state index in [-0.39, 0.29) is 11.7 Å². The first-order valence-electron chi connectivity index (χ1n) is 8.06. The van der Waals surface area contributed by atoms with E-state index in [4.69, 9.17) is 14.2 Å². The number of hydrogen-bond acceptors (Lipinski definition) is 6. The maximum atomic E-state index is 14.1. The number of aromatic nitrogens is 4. The van der Waals surface area contributed by atoms with Gasteiger partial charge in [-0.1, -0.05) is 12.1 Å². The molecule has 0 atom stereocenters. The predicted octanol–water partition coefficient (Wildman–Crippen LogP) is 3.74. The van der Waals surface area contributed by atoms with Crippen LogP contribution in [0, 0.1) is 5.82 Å². The topological polar surface area (TPSA) is 70.8 Å². The number of halogens is 1. The zero-order chi connectivity index (χ0) is 18.8. The van der Waals surface area contributed by atoms with Gasteiger partial charge < -0.3 is 14.2 Å². The molecule has 0 aliphatic rings. The zero-order valence-corrected chi connectivity index (χ0v) is 14.6. The molecule has 4 aromatic rings. The molecule has 0 saturated carbocycles. The van der Waals surface area contributed by atoms with Crippen LogP contribution >= 0.6 is 0 Å². The number of ether oxygens (including phenoxy) is 3. The second-order valence-electron chi connectivity index (χ2n) is 5.60. The van der Waals surface area contributed by atoms with Gasteiger partial charge in [0.05, 0.1) is 19.8 Å². The largest absolute Gasteiger partial charge is 0.496 e. The van der Waals surface area contributed by atoms with Crippen LogP contribution < -0.4 is 14.2 Å². The standard InChI is InChI=1S/C19H15FN4O3/c1-25-12-9-13(26-2)11-14(10-12)27-18-8-7-17-21-22-19(24(17)23-18)15-5-3-4-6-16(15)20/h3-11H,1-2H3. The van der Waals surface area contributed by atoms with Gasteiger partial charge in [0.2, 0.25) is 5.88 Å². The molecule has 7 nitrogen and oxygen atoms in total. The van der Waals surface area contributed by atoms with Gasteiger partial charge in [-0.2, -0.15) is 4.52 Å². The van der Waals surface area contributed by atoms with E-state index >= 15 is 0 Å². The van der Waals surface area contributed by atoms with Gasteiger partial charge in [-0.3, -0.25) is 0 Å². The summed E-state index contributed by atoms with van der Waals surface area (Å²) in [5, 5.41) is 12.5. The van der Waals surface area contributed by atoms with Crippen molar-refractivity contribution in [2.24, 2.45) is 0 Å². The molecule has 8 heteroatoms. The van der Waals surface area contributed by atoms with E-state index in [0.717, 1.165) is 0 Å². The number of nitrogens with zero attached hydrogens (tertiary/aromatic N) is 4. The first-order chi connectivity index (χ1) is 13.2. The Bertz CT molecular complexity index is 1090. The minimum absolute atomic E-state index is 0.287. The molecule has 0 unspecified atom stereocenters. The fourth-order valence-electron chi connectivity index (χ4n) is 2.60. The van der Waals surface area contributed by atoms with Gasteiger partial charge in [-0.15, -0.1) is 15.3 Å². The van der Waals surface area contributed by atoms with Crippen LogP contribution in [-0.2, 0) is 0 Å². The Morgan fingerprint density at radius 3 is 2.26 bits per heavy atom. The Morgan fingerprint density at radius 1 is 0.852 bits per heavy atom. The van der Waals surface area contributed by atoms with Crippen molar-refractivity contribution in [1.82, 2.24) is 19.8 Å². The molecule has 2 aromatic carbocycles. The van der Waals surface area contributed by atoms with Gasteiger partial charge in [-0.05, 0) is 18.2 Å². The molecule has 136 valence electrons. The molecular weight excluding hydrogens is 351 g/mol. The first kappa shape index (κ1) is 16.8. The van der Waals surface area contributed by atoms with Gasteiger partial charge in [0.25, 0.3) is 0 Å². The molecule has 0 aliphatic heterocycles. The lowest BCUT2D eigenvalue weighted by Gasteiger charge is -2.09. The summed E-state index contributed by atoms with van der Waals surface area (Å²) in [6.07, 6.45) is 0. The average Bonchev–Trinajstić information content (AvgIpc) is 3.11. The fourth-order valence-corrected chi connectivity index (χ4v) is 2.60. The first-order valence-corrected chi connectivity index (χ1v) is 8.06. The normalized spacial score (nSPS) is 10.8. The third kappa shape index (κ3) is 3.24. The molecule has 0 bridgehead atoms. The Hall–Kier alpha value is -3.68. The molecule has 0 spiro atoms. The molecule has 2 aromatic heterocycles. The minimum Gasteiger partial charge on any atom is -0.496 e. The van der Waals surface area contributed by atoms with Crippen molar-refractivity contribution in [2.75, 3.05) is 14.2 Å². The fraction of sp³-hybridized carbons (Fsp3) is 0.105. The summed E-state index contributed by atoms with van der Waals surface area (Å²) in [6, 6.07) is 14.8. The molecule has 0 radical (unpaired) electrons. The summed E-state index contributed by atoms with van der Waals surface area (Å²) in [5.74, 6) is 1.83. The second kappa shape index (κ2) is 6.91. The van der Waals surface area contributed by atoms with E-state index in [1.54, 1.807) is 62.8 Å². The maximum Gasteiger partial charge on any atom is 0.237 e. The van der Waals surface area contributed by atoms with Crippen LogP contribution in [0.1, 0.15) is 0 Å².